The van der Waals surface area contributed by atoms with E-state index in [2.05, 4.69) is 0 Å². The second-order valence-electron chi connectivity index (χ2n) is 5.70. The molecule has 27 heavy (non-hydrogen) atoms. The van der Waals surface area contributed by atoms with E-state index in [0.29, 0.717) is 27.6 Å². The van der Waals surface area contributed by atoms with Crippen LogP contribution in [0, 0.1) is 0 Å². The minimum Gasteiger partial charge on any atom is -0.493 e. The highest BCUT2D eigenvalue weighted by Crippen LogP contribution is 2.37. The maximum absolute atomic E-state index is 12.9. The van der Waals surface area contributed by atoms with Crippen LogP contribution >= 0.6 is 34.8 Å². The molecule has 0 unspecified atom stereocenters. The molecule has 1 aliphatic rings. The Bertz CT molecular complexity index is 971. The van der Waals surface area contributed by atoms with E-state index in [-0.39, 0.29) is 22.2 Å². The molecule has 0 bridgehead atoms. The summed E-state index contributed by atoms with van der Waals surface area (Å²) < 4.78 is 10.4. The summed E-state index contributed by atoms with van der Waals surface area (Å²) in [4.78, 5) is 26.5. The lowest BCUT2D eigenvalue weighted by molar-refractivity contribution is -0.137. The van der Waals surface area contributed by atoms with Gasteiger partial charge in [-0.2, -0.15) is 0 Å². The summed E-state index contributed by atoms with van der Waals surface area (Å²) in [6.45, 7) is 0.0307. The third kappa shape index (κ3) is 3.63. The minimum atomic E-state index is -0.586. The zero-order valence-electron chi connectivity index (χ0n) is 14.4. The van der Waals surface area contributed by atoms with E-state index in [1.807, 2.05) is 0 Å². The lowest BCUT2D eigenvalue weighted by atomic mass is 10.1. The number of imide groups is 1. The van der Waals surface area contributed by atoms with E-state index in [0.717, 1.165) is 4.90 Å². The summed E-state index contributed by atoms with van der Waals surface area (Å²) in [5.41, 5.74) is 1.10. The maximum Gasteiger partial charge on any atom is 0.273 e. The van der Waals surface area contributed by atoms with Gasteiger partial charge in [0.25, 0.3) is 11.8 Å². The quantitative estimate of drug-likeness (QED) is 0.659. The van der Waals surface area contributed by atoms with Crippen LogP contribution in [0.4, 0.5) is 0 Å². The highest BCUT2D eigenvalue weighted by Gasteiger charge is 2.39. The third-order valence-electron chi connectivity index (χ3n) is 4.10. The number of carbonyl (C=O) groups excluding carboxylic acids is 2. The van der Waals surface area contributed by atoms with Crippen LogP contribution in [-0.4, -0.2) is 30.9 Å². The van der Waals surface area contributed by atoms with Gasteiger partial charge in [-0.15, -0.1) is 0 Å². The van der Waals surface area contributed by atoms with Gasteiger partial charge in [0.15, 0.2) is 11.5 Å². The Morgan fingerprint density at radius 2 is 1.59 bits per heavy atom. The lowest BCUT2D eigenvalue weighted by Crippen LogP contribution is -2.30. The number of hydrogen-bond donors (Lipinski definition) is 0. The van der Waals surface area contributed by atoms with Gasteiger partial charge < -0.3 is 9.47 Å². The monoisotopic (exact) mass is 425 g/mol. The van der Waals surface area contributed by atoms with Crippen molar-refractivity contribution in [3.63, 3.8) is 0 Å². The van der Waals surface area contributed by atoms with Crippen molar-refractivity contribution in [1.82, 2.24) is 4.90 Å². The second kappa shape index (κ2) is 7.80. The molecule has 0 radical (unpaired) electrons. The first kappa shape index (κ1) is 19.5. The average Bonchev–Trinajstić information content (AvgIpc) is 2.85. The van der Waals surface area contributed by atoms with Gasteiger partial charge in [-0.25, -0.2) is 0 Å². The van der Waals surface area contributed by atoms with Crippen LogP contribution in [-0.2, 0) is 16.1 Å². The molecule has 0 aromatic heterocycles. The van der Waals surface area contributed by atoms with Gasteiger partial charge in [-0.05, 0) is 29.8 Å². The van der Waals surface area contributed by atoms with Crippen LogP contribution in [0.25, 0.3) is 5.57 Å². The van der Waals surface area contributed by atoms with E-state index in [1.54, 1.807) is 30.3 Å². The van der Waals surface area contributed by atoms with Crippen LogP contribution in [0.3, 0.4) is 0 Å². The summed E-state index contributed by atoms with van der Waals surface area (Å²) in [6.07, 6.45) is 0. The van der Waals surface area contributed by atoms with Crippen molar-refractivity contribution >= 4 is 52.2 Å². The Kier molecular flexibility index (Phi) is 5.65. The number of nitrogens with zero attached hydrogens (tertiary/aromatic N) is 1. The molecular formula is C19H14Cl3NO4. The Morgan fingerprint density at radius 1 is 0.889 bits per heavy atom. The van der Waals surface area contributed by atoms with Crippen LogP contribution in [0.5, 0.6) is 11.5 Å². The molecular weight excluding hydrogens is 413 g/mol. The molecule has 140 valence electrons. The van der Waals surface area contributed by atoms with E-state index < -0.39 is 11.8 Å². The molecule has 0 aliphatic carbocycles. The fourth-order valence-electron chi connectivity index (χ4n) is 2.78. The summed E-state index contributed by atoms with van der Waals surface area (Å²) in [6, 6.07) is 9.77. The van der Waals surface area contributed by atoms with Gasteiger partial charge in [-0.1, -0.05) is 46.9 Å². The summed E-state index contributed by atoms with van der Waals surface area (Å²) in [5, 5.41) is 0.480. The topological polar surface area (TPSA) is 55.8 Å². The van der Waals surface area contributed by atoms with Crippen LogP contribution < -0.4 is 9.47 Å². The lowest BCUT2D eigenvalue weighted by Gasteiger charge is -2.16. The molecule has 0 spiro atoms. The summed E-state index contributed by atoms with van der Waals surface area (Å²) in [5.74, 6) is -0.0688. The number of methoxy groups -OCH3 is 2. The first-order valence-corrected chi connectivity index (χ1v) is 8.93. The number of benzene rings is 2. The van der Waals surface area contributed by atoms with E-state index in [4.69, 9.17) is 44.3 Å². The highest BCUT2D eigenvalue weighted by atomic mass is 35.5. The van der Waals surface area contributed by atoms with Crippen molar-refractivity contribution in [3.05, 3.63) is 62.6 Å². The molecule has 2 aromatic rings. The normalized spacial score (nSPS) is 14.2. The van der Waals surface area contributed by atoms with Crippen molar-refractivity contribution in [2.45, 2.75) is 6.54 Å². The Hall–Kier alpha value is -2.21. The largest absolute Gasteiger partial charge is 0.493 e. The number of halogens is 3. The van der Waals surface area contributed by atoms with Crippen LogP contribution in [0.1, 0.15) is 11.1 Å². The van der Waals surface area contributed by atoms with E-state index in [1.165, 1.54) is 20.3 Å². The Balaban J connectivity index is 1.92. The molecule has 2 amide bonds. The predicted octanol–water partition coefficient (Wildman–Crippen LogP) is 4.53. The molecule has 5 nitrogen and oxygen atoms in total. The zero-order chi connectivity index (χ0) is 19.7. The van der Waals surface area contributed by atoms with Gasteiger partial charge in [-0.3, -0.25) is 14.5 Å². The number of carbonyl (C=O) groups is 2. The fraction of sp³-hybridized carbons (Fsp3) is 0.158. The first-order valence-electron chi connectivity index (χ1n) is 7.79. The Morgan fingerprint density at radius 3 is 2.22 bits per heavy atom. The van der Waals surface area contributed by atoms with Gasteiger partial charge in [0.1, 0.15) is 5.03 Å². The van der Waals surface area contributed by atoms with Gasteiger partial charge in [0.05, 0.1) is 31.4 Å². The van der Waals surface area contributed by atoms with Gasteiger partial charge >= 0.3 is 0 Å². The highest BCUT2D eigenvalue weighted by molar-refractivity contribution is 6.55. The maximum atomic E-state index is 12.9. The fourth-order valence-corrected chi connectivity index (χ4v) is 3.56. The molecule has 1 heterocycles. The molecule has 0 saturated heterocycles. The number of amides is 2. The zero-order valence-corrected chi connectivity index (χ0v) is 16.7. The van der Waals surface area contributed by atoms with Gasteiger partial charge in [0, 0.05) is 10.6 Å². The third-order valence-corrected chi connectivity index (χ3v) is 5.00. The van der Waals surface area contributed by atoms with Crippen molar-refractivity contribution in [2.75, 3.05) is 14.2 Å². The second-order valence-corrected chi connectivity index (χ2v) is 6.92. The molecule has 0 fully saturated rings. The SMILES string of the molecule is COc1ccc(CN2C(=O)C(Cl)=C(c3ccc(Cl)cc3Cl)C2=O)cc1OC. The molecule has 0 saturated carbocycles. The average molecular weight is 427 g/mol. The standard InChI is InChI=1S/C19H14Cl3NO4/c1-26-14-6-3-10(7-15(14)27-2)9-23-18(24)16(17(22)19(23)25)12-5-4-11(20)8-13(12)21/h3-8H,9H2,1-2H3. The minimum absolute atomic E-state index is 0.0307. The van der Waals surface area contributed by atoms with Gasteiger partial charge in [0.2, 0.25) is 0 Å². The van der Waals surface area contributed by atoms with Crippen molar-refractivity contribution in [1.29, 1.82) is 0 Å². The molecule has 1 aliphatic heterocycles. The number of ether oxygens (including phenoxy) is 2. The van der Waals surface area contributed by atoms with Crippen molar-refractivity contribution in [3.8, 4) is 11.5 Å². The van der Waals surface area contributed by atoms with Crippen LogP contribution in [0.2, 0.25) is 10.0 Å². The summed E-state index contributed by atoms with van der Waals surface area (Å²) >= 11 is 18.2. The predicted molar refractivity (Wildman–Crippen MR) is 104 cm³/mol. The molecule has 8 heteroatoms. The van der Waals surface area contributed by atoms with Crippen LogP contribution in [0.15, 0.2) is 41.4 Å². The van der Waals surface area contributed by atoms with Crippen molar-refractivity contribution < 1.29 is 19.1 Å². The first-order chi connectivity index (χ1) is 12.9. The van der Waals surface area contributed by atoms with E-state index >= 15 is 0 Å². The molecule has 2 aromatic carbocycles. The number of hydrogen-bond acceptors (Lipinski definition) is 4. The Labute approximate surface area is 171 Å². The van der Waals surface area contributed by atoms with Crippen molar-refractivity contribution in [2.24, 2.45) is 0 Å². The molecule has 0 N–H and O–H groups in total. The number of rotatable bonds is 5. The molecule has 3 rings (SSSR count). The smallest absolute Gasteiger partial charge is 0.273 e. The molecule has 0 atom stereocenters. The van der Waals surface area contributed by atoms with E-state index in [9.17, 15) is 9.59 Å². The summed E-state index contributed by atoms with van der Waals surface area (Å²) in [7, 11) is 3.03.